The van der Waals surface area contributed by atoms with Crippen LogP contribution in [0.25, 0.3) is 0 Å². The second-order valence-corrected chi connectivity index (χ2v) is 6.77. The fourth-order valence-electron chi connectivity index (χ4n) is 3.39. The fourth-order valence-corrected chi connectivity index (χ4v) is 3.64. The summed E-state index contributed by atoms with van der Waals surface area (Å²) in [5, 5.41) is 0.251. The first-order valence-corrected chi connectivity index (χ1v) is 8.02. The van der Waals surface area contributed by atoms with Gasteiger partial charge in [-0.05, 0) is 38.0 Å². The minimum atomic E-state index is 0.251. The van der Waals surface area contributed by atoms with Gasteiger partial charge in [-0.2, -0.15) is 0 Å². The largest absolute Gasteiger partial charge is 0.343 e. The van der Waals surface area contributed by atoms with Crippen molar-refractivity contribution >= 4 is 17.5 Å². The number of hydrogen-bond donors (Lipinski definition) is 0. The summed E-state index contributed by atoms with van der Waals surface area (Å²) < 4.78 is 0. The van der Waals surface area contributed by atoms with Gasteiger partial charge in [0, 0.05) is 24.9 Å². The maximum absolute atomic E-state index is 12.1. The minimum absolute atomic E-state index is 0.251. The van der Waals surface area contributed by atoms with Crippen LogP contribution in [0.4, 0.5) is 0 Å². The molecule has 2 aliphatic rings. The maximum Gasteiger partial charge on any atom is 0.222 e. The van der Waals surface area contributed by atoms with Gasteiger partial charge in [-0.15, -0.1) is 11.6 Å². The molecule has 0 aromatic heterocycles. The predicted molar refractivity (Wildman–Crippen MR) is 75.8 cm³/mol. The highest BCUT2D eigenvalue weighted by atomic mass is 35.5. The first-order chi connectivity index (χ1) is 8.66. The smallest absolute Gasteiger partial charge is 0.222 e. The van der Waals surface area contributed by atoms with Crippen LogP contribution in [-0.4, -0.2) is 29.3 Å². The molecule has 1 amide bonds. The van der Waals surface area contributed by atoms with Crippen molar-refractivity contribution in [2.45, 2.75) is 63.7 Å². The van der Waals surface area contributed by atoms with Gasteiger partial charge in [-0.3, -0.25) is 4.79 Å². The summed E-state index contributed by atoms with van der Waals surface area (Å²) >= 11 is 6.13. The zero-order valence-corrected chi connectivity index (χ0v) is 12.3. The number of alkyl halides is 1. The number of carbonyl (C=O) groups is 1. The number of rotatable bonds is 4. The molecule has 0 spiro atoms. The third-order valence-electron chi connectivity index (χ3n) is 4.78. The van der Waals surface area contributed by atoms with Gasteiger partial charge in [0.05, 0.1) is 0 Å². The van der Waals surface area contributed by atoms with E-state index in [4.69, 9.17) is 11.6 Å². The zero-order chi connectivity index (χ0) is 13.0. The molecule has 0 aromatic rings. The number of piperidine rings is 1. The SMILES string of the molecule is CC(Cl)C1CCN(C(=O)CCC2CCCC2)CC1. The molecule has 0 aromatic carbocycles. The number of amides is 1. The lowest BCUT2D eigenvalue weighted by Crippen LogP contribution is -2.40. The molecule has 2 rings (SSSR count). The molecule has 0 radical (unpaired) electrons. The highest BCUT2D eigenvalue weighted by Crippen LogP contribution is 2.29. The number of hydrogen-bond acceptors (Lipinski definition) is 1. The second-order valence-electron chi connectivity index (χ2n) is 6.08. The summed E-state index contributed by atoms with van der Waals surface area (Å²) in [4.78, 5) is 14.2. The Hall–Kier alpha value is -0.240. The lowest BCUT2D eigenvalue weighted by Gasteiger charge is -2.33. The van der Waals surface area contributed by atoms with Crippen molar-refractivity contribution in [1.82, 2.24) is 4.90 Å². The van der Waals surface area contributed by atoms with Crippen molar-refractivity contribution in [3.63, 3.8) is 0 Å². The van der Waals surface area contributed by atoms with Crippen molar-refractivity contribution in [2.75, 3.05) is 13.1 Å². The molecule has 1 atom stereocenters. The Morgan fingerprint density at radius 3 is 2.39 bits per heavy atom. The summed E-state index contributed by atoms with van der Waals surface area (Å²) in [5.41, 5.74) is 0. The van der Waals surface area contributed by atoms with E-state index in [-0.39, 0.29) is 5.38 Å². The minimum Gasteiger partial charge on any atom is -0.343 e. The Morgan fingerprint density at radius 2 is 1.83 bits per heavy atom. The van der Waals surface area contributed by atoms with Crippen molar-refractivity contribution in [2.24, 2.45) is 11.8 Å². The van der Waals surface area contributed by atoms with Gasteiger partial charge in [0.15, 0.2) is 0 Å². The molecule has 0 N–H and O–H groups in total. The topological polar surface area (TPSA) is 20.3 Å². The molecule has 104 valence electrons. The normalized spacial score (nSPS) is 24.4. The van der Waals surface area contributed by atoms with Crippen LogP contribution >= 0.6 is 11.6 Å². The van der Waals surface area contributed by atoms with E-state index in [1.807, 2.05) is 0 Å². The van der Waals surface area contributed by atoms with Crippen LogP contribution in [0.1, 0.15) is 58.3 Å². The third kappa shape index (κ3) is 3.88. The average Bonchev–Trinajstić information content (AvgIpc) is 2.89. The van der Waals surface area contributed by atoms with Gasteiger partial charge >= 0.3 is 0 Å². The highest BCUT2D eigenvalue weighted by molar-refractivity contribution is 6.20. The van der Waals surface area contributed by atoms with Crippen molar-refractivity contribution in [3.8, 4) is 0 Å². The number of halogens is 1. The molecule has 1 aliphatic heterocycles. The van der Waals surface area contributed by atoms with E-state index in [2.05, 4.69) is 11.8 Å². The van der Waals surface area contributed by atoms with E-state index in [9.17, 15) is 4.79 Å². The fraction of sp³-hybridized carbons (Fsp3) is 0.933. The van der Waals surface area contributed by atoms with Crippen LogP contribution < -0.4 is 0 Å². The van der Waals surface area contributed by atoms with E-state index >= 15 is 0 Å². The van der Waals surface area contributed by atoms with E-state index in [1.165, 1.54) is 25.7 Å². The first kappa shape index (κ1) is 14.2. The molecule has 2 fully saturated rings. The van der Waals surface area contributed by atoms with Crippen LogP contribution in [-0.2, 0) is 4.79 Å². The van der Waals surface area contributed by atoms with E-state index in [0.29, 0.717) is 11.8 Å². The van der Waals surface area contributed by atoms with Crippen LogP contribution in [0.5, 0.6) is 0 Å². The first-order valence-electron chi connectivity index (χ1n) is 7.58. The van der Waals surface area contributed by atoms with Crippen LogP contribution in [0.15, 0.2) is 0 Å². The highest BCUT2D eigenvalue weighted by Gasteiger charge is 2.25. The van der Waals surface area contributed by atoms with Gasteiger partial charge in [-0.25, -0.2) is 0 Å². The quantitative estimate of drug-likeness (QED) is 0.712. The van der Waals surface area contributed by atoms with Gasteiger partial charge in [0.1, 0.15) is 0 Å². The summed E-state index contributed by atoms with van der Waals surface area (Å²) in [7, 11) is 0. The Balaban J connectivity index is 1.67. The maximum atomic E-state index is 12.1. The second kappa shape index (κ2) is 6.79. The molecule has 0 bridgehead atoms. The van der Waals surface area contributed by atoms with Crippen molar-refractivity contribution in [3.05, 3.63) is 0 Å². The summed E-state index contributed by atoms with van der Waals surface area (Å²) in [6.07, 6.45) is 9.49. The summed E-state index contributed by atoms with van der Waals surface area (Å²) in [6.45, 7) is 3.92. The molecule has 2 nitrogen and oxygen atoms in total. The van der Waals surface area contributed by atoms with E-state index in [1.54, 1.807) is 0 Å². The molecule has 1 aliphatic carbocycles. The number of nitrogens with zero attached hydrogens (tertiary/aromatic N) is 1. The lowest BCUT2D eigenvalue weighted by atomic mass is 9.93. The van der Waals surface area contributed by atoms with Gasteiger partial charge in [-0.1, -0.05) is 25.7 Å². The summed E-state index contributed by atoms with van der Waals surface area (Å²) in [5.74, 6) is 1.81. The van der Waals surface area contributed by atoms with Crippen LogP contribution in [0.2, 0.25) is 0 Å². The van der Waals surface area contributed by atoms with Crippen LogP contribution in [0.3, 0.4) is 0 Å². The Kier molecular flexibility index (Phi) is 5.35. The number of likely N-dealkylation sites (tertiary alicyclic amines) is 1. The summed E-state index contributed by atoms with van der Waals surface area (Å²) in [6, 6.07) is 0. The standard InChI is InChI=1S/C15H26ClNO/c1-12(16)14-8-10-17(11-9-14)15(18)7-6-13-4-2-3-5-13/h12-14H,2-11H2,1H3. The third-order valence-corrected chi connectivity index (χ3v) is 5.14. The zero-order valence-electron chi connectivity index (χ0n) is 11.5. The van der Waals surface area contributed by atoms with E-state index < -0.39 is 0 Å². The molecular formula is C15H26ClNO. The monoisotopic (exact) mass is 271 g/mol. The van der Waals surface area contributed by atoms with Crippen LogP contribution in [0, 0.1) is 11.8 Å². The number of carbonyl (C=O) groups excluding carboxylic acids is 1. The van der Waals surface area contributed by atoms with Crippen molar-refractivity contribution < 1.29 is 4.79 Å². The Labute approximate surface area is 116 Å². The molecule has 3 heteroatoms. The molecule has 1 saturated heterocycles. The average molecular weight is 272 g/mol. The Bertz CT molecular complexity index is 266. The molecule has 1 saturated carbocycles. The molecule has 1 unspecified atom stereocenters. The molecular weight excluding hydrogens is 246 g/mol. The van der Waals surface area contributed by atoms with Gasteiger partial charge < -0.3 is 4.90 Å². The lowest BCUT2D eigenvalue weighted by molar-refractivity contribution is -0.132. The van der Waals surface area contributed by atoms with Gasteiger partial charge in [0.2, 0.25) is 5.91 Å². The van der Waals surface area contributed by atoms with Gasteiger partial charge in [0.25, 0.3) is 0 Å². The van der Waals surface area contributed by atoms with E-state index in [0.717, 1.165) is 44.7 Å². The Morgan fingerprint density at radius 1 is 1.22 bits per heavy atom. The molecule has 18 heavy (non-hydrogen) atoms. The predicted octanol–water partition coefficient (Wildman–Crippen LogP) is 3.82. The molecule has 1 heterocycles. The van der Waals surface area contributed by atoms with Crippen molar-refractivity contribution in [1.29, 1.82) is 0 Å².